The highest BCUT2D eigenvalue weighted by atomic mass is 35.5. The summed E-state index contributed by atoms with van der Waals surface area (Å²) in [5.74, 6) is -1.23. The molecule has 2 bridgehead atoms. The molecule has 5 rings (SSSR count). The first-order valence-electron chi connectivity index (χ1n) is 13.4. The summed E-state index contributed by atoms with van der Waals surface area (Å²) in [6.07, 6.45) is 9.24. The third kappa shape index (κ3) is 5.02. The van der Waals surface area contributed by atoms with E-state index in [1.165, 1.54) is 16.0 Å². The van der Waals surface area contributed by atoms with Gasteiger partial charge in [-0.2, -0.15) is 0 Å². The quantitative estimate of drug-likeness (QED) is 0.513. The first kappa shape index (κ1) is 26.6. The van der Waals surface area contributed by atoms with E-state index in [9.17, 15) is 19.8 Å². The zero-order chi connectivity index (χ0) is 26.9. The number of hydrogen-bond acceptors (Lipinski definition) is 5. The highest BCUT2D eigenvalue weighted by Crippen LogP contribution is 2.45. The summed E-state index contributed by atoms with van der Waals surface area (Å²) in [5, 5.41) is 22.2. The Balaban J connectivity index is 1.59. The summed E-state index contributed by atoms with van der Waals surface area (Å²) in [6, 6.07) is 11.2. The van der Waals surface area contributed by atoms with Crippen molar-refractivity contribution in [1.82, 2.24) is 4.90 Å². The van der Waals surface area contributed by atoms with Crippen LogP contribution in [-0.4, -0.2) is 60.3 Å². The molecule has 2 heterocycles. The number of carboxylic acid groups (broad SMARTS) is 1. The number of hydrogen-bond donors (Lipinski definition) is 2. The Hall–Kier alpha value is -3.03. The second kappa shape index (κ2) is 10.6. The van der Waals surface area contributed by atoms with Crippen LogP contribution in [0.5, 0.6) is 5.75 Å². The van der Waals surface area contributed by atoms with E-state index in [1.54, 1.807) is 25.2 Å². The van der Waals surface area contributed by atoms with Gasteiger partial charge in [-0.1, -0.05) is 35.9 Å². The van der Waals surface area contributed by atoms with Crippen molar-refractivity contribution in [3.05, 3.63) is 70.3 Å². The van der Waals surface area contributed by atoms with Crippen molar-refractivity contribution in [2.75, 3.05) is 38.2 Å². The average molecular weight is 539 g/mol. The van der Waals surface area contributed by atoms with Crippen molar-refractivity contribution in [3.8, 4) is 5.75 Å². The summed E-state index contributed by atoms with van der Waals surface area (Å²) in [5.41, 5.74) is 0.861. The maximum atomic E-state index is 12.9. The number of ether oxygens (including phenoxy) is 1. The highest BCUT2D eigenvalue weighted by molar-refractivity contribution is 6.30. The van der Waals surface area contributed by atoms with Gasteiger partial charge in [0.1, 0.15) is 5.75 Å². The summed E-state index contributed by atoms with van der Waals surface area (Å²) in [7, 11) is 1.62. The third-order valence-corrected chi connectivity index (χ3v) is 8.53. The van der Waals surface area contributed by atoms with Gasteiger partial charge in [-0.25, -0.2) is 4.79 Å². The number of anilines is 1. The van der Waals surface area contributed by atoms with Gasteiger partial charge in [0, 0.05) is 37.1 Å². The van der Waals surface area contributed by atoms with Crippen LogP contribution in [0.25, 0.3) is 0 Å². The number of rotatable bonds is 1. The fraction of sp³-hybridized carbons (Fsp3) is 0.467. The molecule has 0 radical (unpaired) electrons. The third-order valence-electron chi connectivity index (χ3n) is 8.30. The molecule has 202 valence electrons. The maximum Gasteiger partial charge on any atom is 0.340 e. The lowest BCUT2D eigenvalue weighted by molar-refractivity contribution is -0.164. The van der Waals surface area contributed by atoms with Gasteiger partial charge in [0.25, 0.3) is 0 Å². The van der Waals surface area contributed by atoms with Crippen LogP contribution in [0, 0.1) is 0 Å². The van der Waals surface area contributed by atoms with E-state index in [0.717, 1.165) is 55.8 Å². The van der Waals surface area contributed by atoms with Gasteiger partial charge < -0.3 is 24.7 Å². The molecule has 1 spiro atoms. The molecule has 2 atom stereocenters. The normalized spacial score (nSPS) is 27.0. The van der Waals surface area contributed by atoms with E-state index >= 15 is 0 Å². The fourth-order valence-corrected chi connectivity index (χ4v) is 6.27. The number of carboxylic acids is 1. The number of aliphatic carboxylic acids is 1. The van der Waals surface area contributed by atoms with Crippen LogP contribution in [0.3, 0.4) is 0 Å². The fourth-order valence-electron chi connectivity index (χ4n) is 6.08. The van der Waals surface area contributed by atoms with Crippen molar-refractivity contribution in [1.29, 1.82) is 0 Å². The Labute approximate surface area is 228 Å². The topological polar surface area (TPSA) is 90.3 Å². The Morgan fingerprint density at radius 1 is 1.11 bits per heavy atom. The number of carbonyl (C=O) groups excluding carboxylic acids is 1. The Bertz CT molecular complexity index is 1260. The van der Waals surface area contributed by atoms with Crippen molar-refractivity contribution >= 4 is 29.2 Å². The van der Waals surface area contributed by atoms with E-state index in [4.69, 9.17) is 16.3 Å². The van der Waals surface area contributed by atoms with E-state index in [-0.39, 0.29) is 11.0 Å². The lowest BCUT2D eigenvalue weighted by atomic mass is 9.70. The van der Waals surface area contributed by atoms with Crippen molar-refractivity contribution in [2.24, 2.45) is 0 Å². The van der Waals surface area contributed by atoms with Gasteiger partial charge in [-0.15, -0.1) is 0 Å². The monoisotopic (exact) mass is 538 g/mol. The number of likely N-dealkylation sites (N-methyl/N-ethyl adjacent to an activating group) is 1. The Morgan fingerprint density at radius 3 is 2.76 bits per heavy atom. The smallest absolute Gasteiger partial charge is 0.340 e. The molecule has 0 fully saturated rings. The van der Waals surface area contributed by atoms with E-state index < -0.39 is 23.9 Å². The molecule has 2 N–H and O–H groups in total. The molecule has 2 aliphatic heterocycles. The molecule has 0 saturated heterocycles. The number of amides is 1. The number of nitrogens with zero attached hydrogens (tertiary/aromatic N) is 2. The predicted molar refractivity (Wildman–Crippen MR) is 147 cm³/mol. The molecule has 38 heavy (non-hydrogen) atoms. The number of fused-ring (bicyclic) bond motifs is 3. The first-order valence-corrected chi connectivity index (χ1v) is 13.8. The number of aryl methyl sites for hydroxylation is 1. The van der Waals surface area contributed by atoms with Crippen molar-refractivity contribution < 1.29 is 24.5 Å². The lowest BCUT2D eigenvalue weighted by Crippen LogP contribution is -2.46. The molecule has 3 aliphatic rings. The number of carbonyl (C=O) groups is 2. The highest BCUT2D eigenvalue weighted by Gasteiger charge is 2.44. The molecule has 2 aromatic carbocycles. The Morgan fingerprint density at radius 2 is 1.95 bits per heavy atom. The number of aliphatic hydroxyl groups is 1. The SMILES string of the molecule is CN1C/C=C\CCCCN2C[C@@]3(CCCc4cc(Cl)ccc43)COc3ccc(cc32)[C@](O)(C(=O)O)CC1=O. The van der Waals surface area contributed by atoms with Gasteiger partial charge in [0.05, 0.1) is 18.7 Å². The standard InChI is InChI=1S/C30H35ClN2O5/c1-32-14-5-3-2-4-6-15-33-19-29(13-7-8-21-16-23(31)10-11-24(21)29)20-38-26-12-9-22(17-25(26)33)30(37,28(35)36)18-27(32)34/h3,5,9-12,16-17,37H,2,4,6-8,13-15,18-20H2,1H3,(H,35,36)/b5-3-/t29-,30-/m0/s1. The number of allylic oxidation sites excluding steroid dienone is 1. The summed E-state index contributed by atoms with van der Waals surface area (Å²) >= 11 is 6.34. The molecule has 0 unspecified atom stereocenters. The van der Waals surface area contributed by atoms with Crippen LogP contribution < -0.4 is 9.64 Å². The van der Waals surface area contributed by atoms with Crippen LogP contribution >= 0.6 is 11.6 Å². The lowest BCUT2D eigenvalue weighted by Gasteiger charge is -2.41. The minimum atomic E-state index is -2.35. The molecular formula is C30H35ClN2O5. The Kier molecular flexibility index (Phi) is 7.43. The second-order valence-corrected chi connectivity index (χ2v) is 11.3. The van der Waals surface area contributed by atoms with Gasteiger partial charge in [0.15, 0.2) is 5.60 Å². The molecular weight excluding hydrogens is 504 g/mol. The van der Waals surface area contributed by atoms with E-state index in [1.807, 2.05) is 12.1 Å². The first-order chi connectivity index (χ1) is 18.2. The second-order valence-electron chi connectivity index (χ2n) is 10.9. The van der Waals surface area contributed by atoms with Crippen LogP contribution in [0.15, 0.2) is 48.6 Å². The van der Waals surface area contributed by atoms with Crippen molar-refractivity contribution in [3.63, 3.8) is 0 Å². The largest absolute Gasteiger partial charge is 0.490 e. The molecule has 1 amide bonds. The molecule has 8 heteroatoms. The molecule has 1 aliphatic carbocycles. The van der Waals surface area contributed by atoms with Gasteiger partial charge in [-0.3, -0.25) is 4.79 Å². The minimum Gasteiger partial charge on any atom is -0.490 e. The summed E-state index contributed by atoms with van der Waals surface area (Å²) in [6.45, 7) is 2.34. The number of benzene rings is 2. The number of halogens is 1. The van der Waals surface area contributed by atoms with Gasteiger partial charge in [-0.05, 0) is 79.5 Å². The van der Waals surface area contributed by atoms with E-state index in [2.05, 4.69) is 23.1 Å². The van der Waals surface area contributed by atoms with Crippen LogP contribution in [0.2, 0.25) is 5.02 Å². The van der Waals surface area contributed by atoms with Crippen LogP contribution in [-0.2, 0) is 27.0 Å². The molecule has 0 aromatic heterocycles. The predicted octanol–water partition coefficient (Wildman–Crippen LogP) is 4.67. The van der Waals surface area contributed by atoms with Crippen molar-refractivity contribution in [2.45, 2.75) is 56.0 Å². The molecule has 2 aromatic rings. The van der Waals surface area contributed by atoms with Crippen LogP contribution in [0.1, 0.15) is 55.2 Å². The van der Waals surface area contributed by atoms with Crippen LogP contribution in [0.4, 0.5) is 5.69 Å². The maximum absolute atomic E-state index is 12.9. The summed E-state index contributed by atoms with van der Waals surface area (Å²) < 4.78 is 6.45. The van der Waals surface area contributed by atoms with Gasteiger partial charge in [0.2, 0.25) is 5.91 Å². The molecule has 0 saturated carbocycles. The molecule has 7 nitrogen and oxygen atoms in total. The average Bonchev–Trinajstić information content (AvgIpc) is 3.04. The summed E-state index contributed by atoms with van der Waals surface area (Å²) in [4.78, 5) is 29.0. The zero-order valence-electron chi connectivity index (χ0n) is 21.8. The van der Waals surface area contributed by atoms with E-state index in [0.29, 0.717) is 25.4 Å². The minimum absolute atomic E-state index is 0.177. The van der Waals surface area contributed by atoms with Gasteiger partial charge >= 0.3 is 5.97 Å². The zero-order valence-corrected chi connectivity index (χ0v) is 22.5.